The number of carbonyl (C=O) groups is 1. The van der Waals surface area contributed by atoms with E-state index >= 15 is 0 Å². The van der Waals surface area contributed by atoms with Gasteiger partial charge in [-0.25, -0.2) is 0 Å². The molecule has 1 amide bonds. The molecule has 1 aliphatic rings. The molecule has 1 aromatic heterocycles. The number of rotatable bonds is 8. The minimum Gasteiger partial charge on any atom is -0.494 e. The molecule has 2 heterocycles. The van der Waals surface area contributed by atoms with Gasteiger partial charge in [0.15, 0.2) is 0 Å². The predicted octanol–water partition coefficient (Wildman–Crippen LogP) is 5.01. The third-order valence-electron chi connectivity index (χ3n) is 5.73. The molecule has 1 aliphatic heterocycles. The molecule has 0 unspecified atom stereocenters. The molecule has 0 radical (unpaired) electrons. The highest BCUT2D eigenvalue weighted by Gasteiger charge is 2.25. The fraction of sp³-hybridized carbons (Fsp3) is 0.400. The van der Waals surface area contributed by atoms with Crippen molar-refractivity contribution >= 4 is 5.91 Å². The normalized spacial score (nSPS) is 14.5. The molecular formula is C25H29N3O3. The minimum atomic E-state index is 0.0858. The number of aromatic nitrogens is 2. The Morgan fingerprint density at radius 1 is 1.10 bits per heavy atom. The lowest BCUT2D eigenvalue weighted by atomic mass is 9.93. The Balaban J connectivity index is 1.27. The maximum atomic E-state index is 12.8. The zero-order valence-corrected chi connectivity index (χ0v) is 18.0. The number of nitrogens with zero attached hydrogens (tertiary/aromatic N) is 3. The van der Waals surface area contributed by atoms with Crippen LogP contribution in [-0.4, -0.2) is 40.6 Å². The van der Waals surface area contributed by atoms with E-state index in [1.807, 2.05) is 59.5 Å². The van der Waals surface area contributed by atoms with Crippen molar-refractivity contribution in [2.45, 2.75) is 39.0 Å². The van der Waals surface area contributed by atoms with E-state index in [0.717, 1.165) is 56.5 Å². The first-order chi connectivity index (χ1) is 15.2. The number of piperidine rings is 1. The van der Waals surface area contributed by atoms with E-state index in [1.165, 1.54) is 0 Å². The Labute approximate surface area is 183 Å². The van der Waals surface area contributed by atoms with E-state index in [2.05, 4.69) is 17.1 Å². The first-order valence-electron chi connectivity index (χ1n) is 11.1. The molecule has 0 saturated carbocycles. The molecule has 0 aliphatic carbocycles. The second-order valence-corrected chi connectivity index (χ2v) is 8.04. The first-order valence-corrected chi connectivity index (χ1v) is 11.1. The van der Waals surface area contributed by atoms with Gasteiger partial charge < -0.3 is 14.2 Å². The number of unbranched alkanes of at least 4 members (excludes halogenated alkanes) is 1. The van der Waals surface area contributed by atoms with Gasteiger partial charge in [-0.3, -0.25) is 4.79 Å². The van der Waals surface area contributed by atoms with Gasteiger partial charge in [0.2, 0.25) is 11.7 Å². The molecule has 31 heavy (non-hydrogen) atoms. The van der Waals surface area contributed by atoms with Crippen molar-refractivity contribution < 1.29 is 14.1 Å². The molecule has 0 spiro atoms. The van der Waals surface area contributed by atoms with Crippen LogP contribution in [0.3, 0.4) is 0 Å². The second-order valence-electron chi connectivity index (χ2n) is 8.04. The zero-order chi connectivity index (χ0) is 21.5. The SMILES string of the molecule is CCCCOc1ccc(C(=O)N2CCC(Cc3nc(-c4ccccc4)no3)CC2)cc1. The average Bonchev–Trinajstić information content (AvgIpc) is 3.29. The van der Waals surface area contributed by atoms with Crippen LogP contribution < -0.4 is 4.74 Å². The summed E-state index contributed by atoms with van der Waals surface area (Å²) in [5, 5.41) is 4.10. The predicted molar refractivity (Wildman–Crippen MR) is 119 cm³/mol. The third-order valence-corrected chi connectivity index (χ3v) is 5.73. The molecule has 1 fully saturated rings. The Morgan fingerprint density at radius 3 is 2.55 bits per heavy atom. The van der Waals surface area contributed by atoms with Crippen molar-refractivity contribution in [3.05, 3.63) is 66.1 Å². The molecule has 4 rings (SSSR count). The van der Waals surface area contributed by atoms with Crippen LogP contribution in [0.1, 0.15) is 48.9 Å². The summed E-state index contributed by atoms with van der Waals surface area (Å²) in [5.74, 6) is 2.65. The monoisotopic (exact) mass is 419 g/mol. The number of ether oxygens (including phenoxy) is 1. The molecule has 0 atom stereocenters. The molecule has 0 N–H and O–H groups in total. The molecule has 2 aromatic carbocycles. The molecule has 0 bridgehead atoms. The van der Waals surface area contributed by atoms with Gasteiger partial charge >= 0.3 is 0 Å². The second kappa shape index (κ2) is 10.2. The van der Waals surface area contributed by atoms with Crippen LogP contribution in [0.5, 0.6) is 5.75 Å². The van der Waals surface area contributed by atoms with Gasteiger partial charge in [-0.2, -0.15) is 4.98 Å². The van der Waals surface area contributed by atoms with Crippen LogP contribution in [0, 0.1) is 5.92 Å². The van der Waals surface area contributed by atoms with Crippen molar-refractivity contribution in [3.8, 4) is 17.1 Å². The summed E-state index contributed by atoms with van der Waals surface area (Å²) in [7, 11) is 0. The van der Waals surface area contributed by atoms with Crippen molar-refractivity contribution in [3.63, 3.8) is 0 Å². The number of carbonyl (C=O) groups excluding carboxylic acids is 1. The highest BCUT2D eigenvalue weighted by Crippen LogP contribution is 2.24. The van der Waals surface area contributed by atoms with E-state index in [-0.39, 0.29) is 5.91 Å². The largest absolute Gasteiger partial charge is 0.494 e. The summed E-state index contributed by atoms with van der Waals surface area (Å²) >= 11 is 0. The Kier molecular flexibility index (Phi) is 6.97. The minimum absolute atomic E-state index is 0.0858. The van der Waals surface area contributed by atoms with Gasteiger partial charge in [0, 0.05) is 30.6 Å². The van der Waals surface area contributed by atoms with Crippen LogP contribution in [0.2, 0.25) is 0 Å². The van der Waals surface area contributed by atoms with Crippen LogP contribution in [0.4, 0.5) is 0 Å². The number of hydrogen-bond donors (Lipinski definition) is 0. The summed E-state index contributed by atoms with van der Waals surface area (Å²) in [6.07, 6.45) is 4.77. The van der Waals surface area contributed by atoms with Crippen LogP contribution in [0.25, 0.3) is 11.4 Å². The fourth-order valence-corrected chi connectivity index (χ4v) is 3.84. The summed E-state index contributed by atoms with van der Waals surface area (Å²) in [4.78, 5) is 19.3. The Morgan fingerprint density at radius 2 is 1.84 bits per heavy atom. The molecule has 162 valence electrons. The van der Waals surface area contributed by atoms with Crippen LogP contribution in [0.15, 0.2) is 59.1 Å². The zero-order valence-electron chi connectivity index (χ0n) is 18.0. The summed E-state index contributed by atoms with van der Waals surface area (Å²) < 4.78 is 11.1. The summed E-state index contributed by atoms with van der Waals surface area (Å²) in [6, 6.07) is 17.3. The number of hydrogen-bond acceptors (Lipinski definition) is 5. The van der Waals surface area contributed by atoms with Crippen molar-refractivity contribution in [2.24, 2.45) is 5.92 Å². The third kappa shape index (κ3) is 5.51. The highest BCUT2D eigenvalue weighted by molar-refractivity contribution is 5.94. The molecular weight excluding hydrogens is 390 g/mol. The lowest BCUT2D eigenvalue weighted by Gasteiger charge is -2.31. The number of amides is 1. The quantitative estimate of drug-likeness (QED) is 0.480. The fourth-order valence-electron chi connectivity index (χ4n) is 3.84. The maximum absolute atomic E-state index is 12.8. The summed E-state index contributed by atoms with van der Waals surface area (Å²) in [6.45, 7) is 4.35. The lowest BCUT2D eigenvalue weighted by molar-refractivity contribution is 0.0687. The van der Waals surface area contributed by atoms with E-state index in [4.69, 9.17) is 9.26 Å². The topological polar surface area (TPSA) is 68.5 Å². The van der Waals surface area contributed by atoms with E-state index < -0.39 is 0 Å². The van der Waals surface area contributed by atoms with Gasteiger partial charge in [-0.1, -0.05) is 48.8 Å². The van der Waals surface area contributed by atoms with Crippen LogP contribution >= 0.6 is 0 Å². The van der Waals surface area contributed by atoms with Crippen molar-refractivity contribution in [2.75, 3.05) is 19.7 Å². The standard InChI is InChI=1S/C25H29N3O3/c1-2-3-17-30-22-11-9-21(10-12-22)25(29)28-15-13-19(14-16-28)18-23-26-24(27-31-23)20-7-5-4-6-8-20/h4-12,19H,2-3,13-18H2,1H3. The number of benzene rings is 2. The molecule has 6 nitrogen and oxygen atoms in total. The van der Waals surface area contributed by atoms with Crippen molar-refractivity contribution in [1.82, 2.24) is 15.0 Å². The maximum Gasteiger partial charge on any atom is 0.253 e. The van der Waals surface area contributed by atoms with Gasteiger partial charge in [0.05, 0.1) is 6.61 Å². The Hall–Kier alpha value is -3.15. The van der Waals surface area contributed by atoms with E-state index in [9.17, 15) is 4.79 Å². The number of likely N-dealkylation sites (tertiary alicyclic amines) is 1. The van der Waals surface area contributed by atoms with Crippen molar-refractivity contribution in [1.29, 1.82) is 0 Å². The van der Waals surface area contributed by atoms with Gasteiger partial charge in [-0.15, -0.1) is 0 Å². The van der Waals surface area contributed by atoms with Gasteiger partial charge in [0.25, 0.3) is 5.91 Å². The highest BCUT2D eigenvalue weighted by atomic mass is 16.5. The van der Waals surface area contributed by atoms with Gasteiger partial charge in [0.1, 0.15) is 5.75 Å². The van der Waals surface area contributed by atoms with E-state index in [1.54, 1.807) is 0 Å². The van der Waals surface area contributed by atoms with Gasteiger partial charge in [-0.05, 0) is 49.4 Å². The first kappa shape index (κ1) is 21.1. The smallest absolute Gasteiger partial charge is 0.253 e. The molecule has 6 heteroatoms. The average molecular weight is 420 g/mol. The van der Waals surface area contributed by atoms with Crippen LogP contribution in [-0.2, 0) is 6.42 Å². The van der Waals surface area contributed by atoms with E-state index in [0.29, 0.717) is 29.8 Å². The molecule has 3 aromatic rings. The lowest BCUT2D eigenvalue weighted by Crippen LogP contribution is -2.38. The Bertz CT molecular complexity index is 961. The molecule has 1 saturated heterocycles. The summed E-state index contributed by atoms with van der Waals surface area (Å²) in [5.41, 5.74) is 1.67.